The van der Waals surface area contributed by atoms with E-state index in [1.165, 1.54) is 0 Å². The molecule has 1 heterocycles. The van der Waals surface area contributed by atoms with E-state index in [1.807, 2.05) is 37.4 Å². The van der Waals surface area contributed by atoms with Crippen LogP contribution in [-0.2, 0) is 14.8 Å². The van der Waals surface area contributed by atoms with Gasteiger partial charge in [0.15, 0.2) is 0 Å². The number of carbonyl (C=O) groups excluding carboxylic acids is 1. The standard InChI is InChI=1S/C23H31N3O3S/c1-3-7-21(24-2)23(27)25-20-13-12-17-14-26(15-19(17)20)30(28,29)22-11-6-9-16-8-4-5-10-18(16)22/h4-6,8-11,17,19-21,24H,3,7,12-15H2,1-2H3,(H,25,27)/t17-,19+,20+,21+/m1/s1. The van der Waals surface area contributed by atoms with Crippen molar-refractivity contribution < 1.29 is 13.2 Å². The van der Waals surface area contributed by atoms with Crippen LogP contribution >= 0.6 is 0 Å². The van der Waals surface area contributed by atoms with E-state index in [0.29, 0.717) is 23.9 Å². The second-order valence-electron chi connectivity index (χ2n) is 8.55. The normalized spacial score (nSPS) is 25.3. The number of carbonyl (C=O) groups is 1. The summed E-state index contributed by atoms with van der Waals surface area (Å²) in [7, 11) is -1.77. The van der Waals surface area contributed by atoms with Gasteiger partial charge in [0.05, 0.1) is 10.9 Å². The molecular formula is C23H31N3O3S. The van der Waals surface area contributed by atoms with Crippen molar-refractivity contribution in [1.29, 1.82) is 0 Å². The maximum atomic E-state index is 13.5. The van der Waals surface area contributed by atoms with E-state index in [0.717, 1.165) is 36.5 Å². The highest BCUT2D eigenvalue weighted by Crippen LogP contribution is 2.41. The maximum absolute atomic E-state index is 13.5. The van der Waals surface area contributed by atoms with Gasteiger partial charge in [0.1, 0.15) is 0 Å². The fraction of sp³-hybridized carbons (Fsp3) is 0.522. The highest BCUT2D eigenvalue weighted by molar-refractivity contribution is 7.89. The summed E-state index contributed by atoms with van der Waals surface area (Å²) in [6.45, 7) is 3.07. The fourth-order valence-electron chi connectivity index (χ4n) is 5.14. The van der Waals surface area contributed by atoms with Crippen molar-refractivity contribution in [2.24, 2.45) is 11.8 Å². The van der Waals surface area contributed by atoms with Crippen molar-refractivity contribution in [3.05, 3.63) is 42.5 Å². The third-order valence-corrected chi connectivity index (χ3v) is 8.65. The zero-order valence-corrected chi connectivity index (χ0v) is 18.5. The number of benzene rings is 2. The second kappa shape index (κ2) is 8.65. The average Bonchev–Trinajstić information content (AvgIpc) is 3.34. The molecule has 0 unspecified atom stereocenters. The lowest BCUT2D eigenvalue weighted by Crippen LogP contribution is -2.48. The molecule has 2 aromatic carbocycles. The van der Waals surface area contributed by atoms with Crippen LogP contribution in [0.15, 0.2) is 47.4 Å². The first-order chi connectivity index (χ1) is 14.5. The summed E-state index contributed by atoms with van der Waals surface area (Å²) in [4.78, 5) is 13.0. The Kier molecular flexibility index (Phi) is 6.14. The monoisotopic (exact) mass is 429 g/mol. The van der Waals surface area contributed by atoms with Gasteiger partial charge in [-0.3, -0.25) is 4.79 Å². The minimum atomic E-state index is -3.58. The van der Waals surface area contributed by atoms with Gasteiger partial charge >= 0.3 is 0 Å². The first-order valence-corrected chi connectivity index (χ1v) is 12.3. The predicted octanol–water partition coefficient (Wildman–Crippen LogP) is 2.74. The van der Waals surface area contributed by atoms with Crippen LogP contribution in [0.1, 0.15) is 32.6 Å². The largest absolute Gasteiger partial charge is 0.352 e. The molecular weight excluding hydrogens is 398 g/mol. The van der Waals surface area contributed by atoms with Gasteiger partial charge < -0.3 is 10.6 Å². The molecule has 0 radical (unpaired) electrons. The Balaban J connectivity index is 1.51. The highest BCUT2D eigenvalue weighted by atomic mass is 32.2. The number of fused-ring (bicyclic) bond motifs is 2. The molecule has 0 aromatic heterocycles. The molecule has 162 valence electrons. The van der Waals surface area contributed by atoms with Crippen LogP contribution < -0.4 is 10.6 Å². The minimum absolute atomic E-state index is 0.0281. The van der Waals surface area contributed by atoms with E-state index in [1.54, 1.807) is 16.4 Å². The van der Waals surface area contributed by atoms with E-state index in [9.17, 15) is 13.2 Å². The molecule has 1 amide bonds. The number of likely N-dealkylation sites (N-methyl/N-ethyl adjacent to an activating group) is 1. The fourth-order valence-corrected chi connectivity index (χ4v) is 6.89. The summed E-state index contributed by atoms with van der Waals surface area (Å²) >= 11 is 0. The Labute approximate surface area is 179 Å². The van der Waals surface area contributed by atoms with Crippen molar-refractivity contribution >= 4 is 26.7 Å². The molecule has 2 aliphatic rings. The van der Waals surface area contributed by atoms with Crippen LogP contribution in [0.3, 0.4) is 0 Å². The molecule has 0 spiro atoms. The van der Waals surface area contributed by atoms with Crippen molar-refractivity contribution in [3.8, 4) is 0 Å². The molecule has 2 fully saturated rings. The Bertz CT molecular complexity index is 1020. The van der Waals surface area contributed by atoms with Crippen molar-refractivity contribution in [2.75, 3.05) is 20.1 Å². The molecule has 4 atom stereocenters. The molecule has 1 saturated carbocycles. The van der Waals surface area contributed by atoms with Crippen LogP contribution in [0.4, 0.5) is 0 Å². The molecule has 1 aliphatic heterocycles. The number of hydrogen-bond acceptors (Lipinski definition) is 4. The summed E-state index contributed by atoms with van der Waals surface area (Å²) in [6.07, 6.45) is 3.61. The molecule has 0 bridgehead atoms. The third-order valence-electron chi connectivity index (χ3n) is 6.76. The van der Waals surface area contributed by atoms with Gasteiger partial charge in [-0.25, -0.2) is 8.42 Å². The first-order valence-electron chi connectivity index (χ1n) is 10.9. The topological polar surface area (TPSA) is 78.5 Å². The molecule has 1 aliphatic carbocycles. The number of rotatable bonds is 7. The van der Waals surface area contributed by atoms with E-state index in [4.69, 9.17) is 0 Å². The Hall–Kier alpha value is -1.96. The van der Waals surface area contributed by atoms with Crippen LogP contribution in [-0.4, -0.2) is 50.9 Å². The van der Waals surface area contributed by atoms with Gasteiger partial charge in [-0.2, -0.15) is 4.31 Å². The summed E-state index contributed by atoms with van der Waals surface area (Å²) in [5, 5.41) is 7.98. The number of nitrogens with zero attached hydrogens (tertiary/aromatic N) is 1. The maximum Gasteiger partial charge on any atom is 0.243 e. The zero-order chi connectivity index (χ0) is 21.3. The summed E-state index contributed by atoms with van der Waals surface area (Å²) in [5.41, 5.74) is 0. The van der Waals surface area contributed by atoms with Gasteiger partial charge in [0, 0.05) is 24.5 Å². The lowest BCUT2D eigenvalue weighted by Gasteiger charge is -2.24. The number of amides is 1. The third kappa shape index (κ3) is 3.86. The number of sulfonamides is 1. The molecule has 7 heteroatoms. The van der Waals surface area contributed by atoms with Crippen LogP contribution in [0.2, 0.25) is 0 Å². The quantitative estimate of drug-likeness (QED) is 0.709. The van der Waals surface area contributed by atoms with Crippen molar-refractivity contribution in [3.63, 3.8) is 0 Å². The predicted molar refractivity (Wildman–Crippen MR) is 119 cm³/mol. The van der Waals surface area contributed by atoms with Crippen LogP contribution in [0.5, 0.6) is 0 Å². The van der Waals surface area contributed by atoms with Gasteiger partial charge in [-0.1, -0.05) is 49.7 Å². The van der Waals surface area contributed by atoms with Gasteiger partial charge in [-0.15, -0.1) is 0 Å². The molecule has 1 saturated heterocycles. The summed E-state index contributed by atoms with van der Waals surface area (Å²) < 4.78 is 28.6. The van der Waals surface area contributed by atoms with E-state index < -0.39 is 10.0 Å². The molecule has 2 N–H and O–H groups in total. The van der Waals surface area contributed by atoms with Crippen LogP contribution in [0.25, 0.3) is 10.8 Å². The lowest BCUT2D eigenvalue weighted by molar-refractivity contribution is -0.124. The first kappa shape index (κ1) is 21.3. The van der Waals surface area contributed by atoms with Crippen LogP contribution in [0, 0.1) is 11.8 Å². The van der Waals surface area contributed by atoms with Gasteiger partial charge in [0.2, 0.25) is 15.9 Å². The Morgan fingerprint density at radius 2 is 1.90 bits per heavy atom. The average molecular weight is 430 g/mol. The second-order valence-corrected chi connectivity index (χ2v) is 10.5. The van der Waals surface area contributed by atoms with E-state index in [2.05, 4.69) is 17.6 Å². The van der Waals surface area contributed by atoms with Gasteiger partial charge in [-0.05, 0) is 49.6 Å². The van der Waals surface area contributed by atoms with Gasteiger partial charge in [0.25, 0.3) is 0 Å². The van der Waals surface area contributed by atoms with Crippen molar-refractivity contribution in [2.45, 2.75) is 49.6 Å². The summed E-state index contributed by atoms with van der Waals surface area (Å²) in [5.74, 6) is 0.512. The van der Waals surface area contributed by atoms with E-state index in [-0.39, 0.29) is 23.9 Å². The molecule has 6 nitrogen and oxygen atoms in total. The minimum Gasteiger partial charge on any atom is -0.352 e. The highest BCUT2D eigenvalue weighted by Gasteiger charge is 2.47. The smallest absolute Gasteiger partial charge is 0.243 e. The molecule has 30 heavy (non-hydrogen) atoms. The molecule has 2 aromatic rings. The van der Waals surface area contributed by atoms with Crippen molar-refractivity contribution in [1.82, 2.24) is 14.9 Å². The SMILES string of the molecule is CCC[C@H](NC)C(=O)N[C@H]1CC[C@@H]2CN(S(=O)(=O)c3cccc4ccccc34)C[C@@H]21. The number of hydrogen-bond donors (Lipinski definition) is 2. The Morgan fingerprint density at radius 1 is 1.13 bits per heavy atom. The molecule has 4 rings (SSSR count). The number of nitrogens with one attached hydrogen (secondary N) is 2. The van der Waals surface area contributed by atoms with E-state index >= 15 is 0 Å². The lowest BCUT2D eigenvalue weighted by atomic mass is 9.97. The zero-order valence-electron chi connectivity index (χ0n) is 17.7. The Morgan fingerprint density at radius 3 is 2.67 bits per heavy atom. The summed E-state index contributed by atoms with van der Waals surface area (Å²) in [6, 6.07) is 12.9.